The summed E-state index contributed by atoms with van der Waals surface area (Å²) in [7, 11) is 0. The van der Waals surface area contributed by atoms with Crippen LogP contribution in [0.4, 0.5) is 0 Å². The minimum Gasteiger partial charge on any atom is -0.480 e. The van der Waals surface area contributed by atoms with E-state index in [0.717, 1.165) is 0 Å². The fourth-order valence-electron chi connectivity index (χ4n) is 1.98. The molecule has 0 aromatic heterocycles. The van der Waals surface area contributed by atoms with Gasteiger partial charge in [0, 0.05) is 6.54 Å². The Kier molecular flexibility index (Phi) is 7.05. The SMILES string of the molecule is CCC(C)C(NC(=O)C(CN)CC(C)(C)C)C(=O)O. The molecule has 0 fully saturated rings. The largest absolute Gasteiger partial charge is 0.480 e. The normalized spacial score (nSPS) is 16.5. The molecule has 0 aliphatic rings. The Balaban J connectivity index is 4.74. The van der Waals surface area contributed by atoms with Gasteiger partial charge in [-0.05, 0) is 17.8 Å². The second-order valence-corrected chi connectivity index (χ2v) is 6.41. The van der Waals surface area contributed by atoms with Gasteiger partial charge in [0.15, 0.2) is 0 Å². The maximum absolute atomic E-state index is 12.1. The molecule has 5 heteroatoms. The van der Waals surface area contributed by atoms with E-state index < -0.39 is 12.0 Å². The van der Waals surface area contributed by atoms with Crippen molar-refractivity contribution in [3.8, 4) is 0 Å². The van der Waals surface area contributed by atoms with Crippen molar-refractivity contribution in [3.05, 3.63) is 0 Å². The zero-order valence-electron chi connectivity index (χ0n) is 12.7. The highest BCUT2D eigenvalue weighted by molar-refractivity contribution is 5.85. The Morgan fingerprint density at radius 3 is 2.16 bits per heavy atom. The van der Waals surface area contributed by atoms with Crippen LogP contribution in [0.25, 0.3) is 0 Å². The van der Waals surface area contributed by atoms with Gasteiger partial charge in [0.25, 0.3) is 0 Å². The minimum atomic E-state index is -0.991. The molecule has 0 saturated carbocycles. The monoisotopic (exact) mass is 272 g/mol. The average Bonchev–Trinajstić information content (AvgIpc) is 2.30. The van der Waals surface area contributed by atoms with Gasteiger partial charge in [-0.1, -0.05) is 41.0 Å². The molecule has 0 aliphatic carbocycles. The van der Waals surface area contributed by atoms with E-state index in [1.54, 1.807) is 0 Å². The fourth-order valence-corrected chi connectivity index (χ4v) is 1.98. The molecule has 0 rings (SSSR count). The van der Waals surface area contributed by atoms with Crippen LogP contribution in [0.3, 0.4) is 0 Å². The molecular formula is C14H28N2O3. The Labute approximate surface area is 115 Å². The van der Waals surface area contributed by atoms with E-state index in [1.807, 2.05) is 34.6 Å². The van der Waals surface area contributed by atoms with Crippen LogP contribution in [0.2, 0.25) is 0 Å². The first kappa shape index (κ1) is 17.9. The molecular weight excluding hydrogens is 244 g/mol. The van der Waals surface area contributed by atoms with Gasteiger partial charge in [0.1, 0.15) is 6.04 Å². The molecule has 0 saturated heterocycles. The maximum Gasteiger partial charge on any atom is 0.326 e. The van der Waals surface area contributed by atoms with Gasteiger partial charge >= 0.3 is 5.97 Å². The number of rotatable bonds is 7. The maximum atomic E-state index is 12.1. The third-order valence-corrected chi connectivity index (χ3v) is 3.29. The lowest BCUT2D eigenvalue weighted by Gasteiger charge is -2.27. The Morgan fingerprint density at radius 1 is 1.32 bits per heavy atom. The number of carboxylic acid groups (broad SMARTS) is 1. The Hall–Kier alpha value is -1.10. The predicted octanol–water partition coefficient (Wildman–Crippen LogP) is 1.61. The van der Waals surface area contributed by atoms with Crippen molar-refractivity contribution in [2.75, 3.05) is 6.54 Å². The zero-order chi connectivity index (χ0) is 15.2. The van der Waals surface area contributed by atoms with Crippen LogP contribution in [0, 0.1) is 17.3 Å². The summed E-state index contributed by atoms with van der Waals surface area (Å²) in [4.78, 5) is 23.3. The summed E-state index contributed by atoms with van der Waals surface area (Å²) < 4.78 is 0. The zero-order valence-corrected chi connectivity index (χ0v) is 12.7. The Morgan fingerprint density at radius 2 is 1.84 bits per heavy atom. The van der Waals surface area contributed by atoms with Crippen LogP contribution >= 0.6 is 0 Å². The summed E-state index contributed by atoms with van der Waals surface area (Å²) in [5.41, 5.74) is 5.62. The van der Waals surface area contributed by atoms with Crippen LogP contribution < -0.4 is 11.1 Å². The van der Waals surface area contributed by atoms with E-state index in [1.165, 1.54) is 0 Å². The molecule has 112 valence electrons. The topological polar surface area (TPSA) is 92.4 Å². The van der Waals surface area contributed by atoms with Gasteiger partial charge in [-0.3, -0.25) is 4.79 Å². The van der Waals surface area contributed by atoms with E-state index in [9.17, 15) is 9.59 Å². The van der Waals surface area contributed by atoms with Gasteiger partial charge < -0.3 is 16.2 Å². The lowest BCUT2D eigenvalue weighted by atomic mass is 9.84. The van der Waals surface area contributed by atoms with Crippen molar-refractivity contribution >= 4 is 11.9 Å². The van der Waals surface area contributed by atoms with E-state index >= 15 is 0 Å². The van der Waals surface area contributed by atoms with Crippen molar-refractivity contribution < 1.29 is 14.7 Å². The smallest absolute Gasteiger partial charge is 0.326 e. The van der Waals surface area contributed by atoms with E-state index in [4.69, 9.17) is 10.8 Å². The highest BCUT2D eigenvalue weighted by Gasteiger charge is 2.30. The minimum absolute atomic E-state index is 0.0174. The summed E-state index contributed by atoms with van der Waals surface area (Å²) in [5, 5.41) is 11.8. The second kappa shape index (κ2) is 7.48. The molecule has 4 N–H and O–H groups in total. The molecule has 1 amide bonds. The van der Waals surface area contributed by atoms with Gasteiger partial charge in [-0.25, -0.2) is 4.79 Å². The van der Waals surface area contributed by atoms with Crippen molar-refractivity contribution in [2.45, 2.75) is 53.5 Å². The molecule has 0 heterocycles. The van der Waals surface area contributed by atoms with Crippen molar-refractivity contribution in [3.63, 3.8) is 0 Å². The second-order valence-electron chi connectivity index (χ2n) is 6.41. The first-order chi connectivity index (χ1) is 8.62. The molecule has 19 heavy (non-hydrogen) atoms. The molecule has 0 aromatic carbocycles. The lowest BCUT2D eigenvalue weighted by molar-refractivity contribution is -0.144. The molecule has 0 bridgehead atoms. The van der Waals surface area contributed by atoms with Gasteiger partial charge in [-0.15, -0.1) is 0 Å². The highest BCUT2D eigenvalue weighted by Crippen LogP contribution is 2.24. The third-order valence-electron chi connectivity index (χ3n) is 3.29. The van der Waals surface area contributed by atoms with Crippen molar-refractivity contribution in [2.24, 2.45) is 23.0 Å². The molecule has 3 atom stereocenters. The molecule has 3 unspecified atom stereocenters. The lowest BCUT2D eigenvalue weighted by Crippen LogP contribution is -2.48. The molecule has 0 radical (unpaired) electrons. The number of aliphatic carboxylic acids is 1. The van der Waals surface area contributed by atoms with E-state index in [-0.39, 0.29) is 29.7 Å². The van der Waals surface area contributed by atoms with Crippen molar-refractivity contribution in [1.29, 1.82) is 0 Å². The standard InChI is InChI=1S/C14H28N2O3/c1-6-9(2)11(13(18)19)16-12(17)10(8-15)7-14(3,4)5/h9-11H,6-8,15H2,1-5H3,(H,16,17)(H,18,19). The predicted molar refractivity (Wildman–Crippen MR) is 75.6 cm³/mol. The summed E-state index contributed by atoms with van der Waals surface area (Å²) in [5.74, 6) is -1.69. The summed E-state index contributed by atoms with van der Waals surface area (Å²) >= 11 is 0. The van der Waals surface area contributed by atoms with Crippen LogP contribution in [0.15, 0.2) is 0 Å². The number of carbonyl (C=O) groups is 2. The molecule has 5 nitrogen and oxygen atoms in total. The van der Waals surface area contributed by atoms with Gasteiger partial charge in [-0.2, -0.15) is 0 Å². The number of hydrogen-bond donors (Lipinski definition) is 3. The van der Waals surface area contributed by atoms with Crippen LogP contribution in [0.1, 0.15) is 47.5 Å². The highest BCUT2D eigenvalue weighted by atomic mass is 16.4. The van der Waals surface area contributed by atoms with Crippen LogP contribution in [-0.2, 0) is 9.59 Å². The molecule has 0 aliphatic heterocycles. The summed E-state index contributed by atoms with van der Waals surface area (Å²) in [6, 6.07) is -0.841. The van der Waals surface area contributed by atoms with Crippen LogP contribution in [-0.4, -0.2) is 29.6 Å². The Bertz CT molecular complexity index is 310. The van der Waals surface area contributed by atoms with Gasteiger partial charge in [0.05, 0.1) is 5.92 Å². The number of hydrogen-bond acceptors (Lipinski definition) is 3. The molecule has 0 spiro atoms. The fraction of sp³-hybridized carbons (Fsp3) is 0.857. The first-order valence-electron chi connectivity index (χ1n) is 6.85. The number of nitrogens with two attached hydrogens (primary N) is 1. The quantitative estimate of drug-likeness (QED) is 0.656. The number of carbonyl (C=O) groups excluding carboxylic acids is 1. The number of carboxylic acids is 1. The van der Waals surface area contributed by atoms with Crippen molar-refractivity contribution in [1.82, 2.24) is 5.32 Å². The summed E-state index contributed by atoms with van der Waals surface area (Å²) in [6.07, 6.45) is 1.34. The van der Waals surface area contributed by atoms with E-state index in [2.05, 4.69) is 5.32 Å². The first-order valence-corrected chi connectivity index (χ1v) is 6.85. The molecule has 0 aromatic rings. The number of amides is 1. The van der Waals surface area contributed by atoms with Gasteiger partial charge in [0.2, 0.25) is 5.91 Å². The average molecular weight is 272 g/mol. The van der Waals surface area contributed by atoms with E-state index in [0.29, 0.717) is 12.8 Å². The van der Waals surface area contributed by atoms with Crippen LogP contribution in [0.5, 0.6) is 0 Å². The number of nitrogens with one attached hydrogen (secondary N) is 1. The summed E-state index contributed by atoms with van der Waals surface area (Å²) in [6.45, 7) is 10.1. The third kappa shape index (κ3) is 6.57.